The van der Waals surface area contributed by atoms with Gasteiger partial charge in [0.05, 0.1) is 0 Å². The molecular weight excluding hydrogens is 228 g/mol. The highest BCUT2D eigenvalue weighted by Crippen LogP contribution is 2.45. The van der Waals surface area contributed by atoms with Gasteiger partial charge in [0.1, 0.15) is 0 Å². The van der Waals surface area contributed by atoms with E-state index in [2.05, 4.69) is 6.92 Å². The lowest BCUT2D eigenvalue weighted by molar-refractivity contribution is 0.106. The number of hydrogen-bond acceptors (Lipinski definition) is 0. The Kier molecular flexibility index (Phi) is 4.87. The van der Waals surface area contributed by atoms with Crippen LogP contribution in [0.2, 0.25) is 0 Å². The summed E-state index contributed by atoms with van der Waals surface area (Å²) < 4.78 is 0. The van der Waals surface area contributed by atoms with Crippen LogP contribution in [0.25, 0.3) is 0 Å². The lowest BCUT2D eigenvalue weighted by Crippen LogP contribution is -2.29. The van der Waals surface area contributed by atoms with Crippen molar-refractivity contribution in [2.45, 2.75) is 90.4 Å². The Morgan fingerprint density at radius 2 is 1.42 bits per heavy atom. The molecule has 3 saturated carbocycles. The predicted octanol–water partition coefficient (Wildman–Crippen LogP) is 6.20. The molecule has 0 radical (unpaired) electrons. The highest BCUT2D eigenvalue weighted by atomic mass is 14.4. The number of rotatable bonds is 3. The zero-order valence-corrected chi connectivity index (χ0v) is 13.1. The Hall–Kier alpha value is 0. The normalized spacial score (nSPS) is 38.7. The van der Waals surface area contributed by atoms with E-state index < -0.39 is 0 Å². The third-order valence-corrected chi connectivity index (χ3v) is 6.81. The van der Waals surface area contributed by atoms with Crippen LogP contribution in [0.4, 0.5) is 0 Å². The monoisotopic (exact) mass is 262 g/mol. The average Bonchev–Trinajstić information content (AvgIpc) is 2.48. The molecule has 0 amide bonds. The van der Waals surface area contributed by atoms with Gasteiger partial charge in [0.2, 0.25) is 0 Å². The van der Waals surface area contributed by atoms with Gasteiger partial charge in [0.25, 0.3) is 0 Å². The minimum atomic E-state index is 1.02. The summed E-state index contributed by atoms with van der Waals surface area (Å²) in [5.41, 5.74) is 0. The van der Waals surface area contributed by atoms with Crippen molar-refractivity contribution in [2.75, 3.05) is 0 Å². The first kappa shape index (κ1) is 14.0. The van der Waals surface area contributed by atoms with E-state index >= 15 is 0 Å². The first-order valence-electron chi connectivity index (χ1n) is 9.33. The summed E-state index contributed by atoms with van der Waals surface area (Å²) in [6, 6.07) is 0. The van der Waals surface area contributed by atoms with Crippen molar-refractivity contribution in [3.8, 4) is 0 Å². The molecule has 0 aromatic rings. The maximum atomic E-state index is 2.57. The fourth-order valence-electron chi connectivity index (χ4n) is 5.61. The molecular formula is C19H34. The summed E-state index contributed by atoms with van der Waals surface area (Å²) in [5.74, 6) is 5.46. The fourth-order valence-corrected chi connectivity index (χ4v) is 5.61. The molecule has 4 atom stereocenters. The molecule has 4 unspecified atom stereocenters. The van der Waals surface area contributed by atoms with E-state index in [-0.39, 0.29) is 0 Å². The molecule has 0 N–H and O–H groups in total. The van der Waals surface area contributed by atoms with Gasteiger partial charge in [-0.2, -0.15) is 0 Å². The standard InChI is InChI=1S/C19H34/c1-15(17-7-3-2-4-8-17)13-16-11-12-18-9-5-6-10-19(18)14-16/h15-19H,2-14H2,1H3. The Morgan fingerprint density at radius 1 is 0.737 bits per heavy atom. The van der Waals surface area contributed by atoms with Gasteiger partial charge in [0.15, 0.2) is 0 Å². The first-order valence-corrected chi connectivity index (χ1v) is 9.33. The van der Waals surface area contributed by atoms with Gasteiger partial charge in [-0.3, -0.25) is 0 Å². The van der Waals surface area contributed by atoms with E-state index in [0.717, 1.165) is 29.6 Å². The van der Waals surface area contributed by atoms with Crippen LogP contribution in [0.1, 0.15) is 90.4 Å². The van der Waals surface area contributed by atoms with Gasteiger partial charge in [0, 0.05) is 0 Å². The lowest BCUT2D eigenvalue weighted by atomic mass is 9.65. The molecule has 3 aliphatic rings. The van der Waals surface area contributed by atoms with Gasteiger partial charge >= 0.3 is 0 Å². The molecule has 0 bridgehead atoms. The molecule has 3 rings (SSSR count). The molecule has 0 spiro atoms. The van der Waals surface area contributed by atoms with Crippen molar-refractivity contribution >= 4 is 0 Å². The van der Waals surface area contributed by atoms with Crippen LogP contribution in [0.5, 0.6) is 0 Å². The smallest absolute Gasteiger partial charge is 0.0383 e. The van der Waals surface area contributed by atoms with Crippen LogP contribution in [0.3, 0.4) is 0 Å². The molecule has 110 valence electrons. The van der Waals surface area contributed by atoms with Gasteiger partial charge in [-0.15, -0.1) is 0 Å². The molecule has 3 fully saturated rings. The van der Waals surface area contributed by atoms with E-state index in [4.69, 9.17) is 0 Å². The van der Waals surface area contributed by atoms with Gasteiger partial charge < -0.3 is 0 Å². The van der Waals surface area contributed by atoms with Gasteiger partial charge in [-0.1, -0.05) is 71.1 Å². The van der Waals surface area contributed by atoms with E-state index in [1.165, 1.54) is 32.1 Å². The summed E-state index contributed by atoms with van der Waals surface area (Å²) in [6.07, 6.45) is 20.1. The van der Waals surface area contributed by atoms with Crippen molar-refractivity contribution in [3.63, 3.8) is 0 Å². The maximum Gasteiger partial charge on any atom is -0.0383 e. The minimum absolute atomic E-state index is 1.02. The van der Waals surface area contributed by atoms with Crippen LogP contribution in [-0.2, 0) is 0 Å². The highest BCUT2D eigenvalue weighted by Gasteiger charge is 2.33. The molecule has 0 aromatic heterocycles. The summed E-state index contributed by atoms with van der Waals surface area (Å²) >= 11 is 0. The zero-order valence-electron chi connectivity index (χ0n) is 13.1. The summed E-state index contributed by atoms with van der Waals surface area (Å²) in [4.78, 5) is 0. The Balaban J connectivity index is 1.47. The average molecular weight is 262 g/mol. The van der Waals surface area contributed by atoms with Crippen LogP contribution in [-0.4, -0.2) is 0 Å². The molecule has 0 aliphatic heterocycles. The van der Waals surface area contributed by atoms with Crippen LogP contribution < -0.4 is 0 Å². The van der Waals surface area contributed by atoms with Crippen molar-refractivity contribution in [2.24, 2.45) is 29.6 Å². The number of fused-ring (bicyclic) bond motifs is 1. The molecule has 19 heavy (non-hydrogen) atoms. The molecule has 0 saturated heterocycles. The molecule has 3 aliphatic carbocycles. The van der Waals surface area contributed by atoms with E-state index in [9.17, 15) is 0 Å². The van der Waals surface area contributed by atoms with Crippen molar-refractivity contribution in [1.82, 2.24) is 0 Å². The Morgan fingerprint density at radius 3 is 2.21 bits per heavy atom. The van der Waals surface area contributed by atoms with Crippen LogP contribution >= 0.6 is 0 Å². The summed E-state index contributed by atoms with van der Waals surface area (Å²) in [6.45, 7) is 2.57. The van der Waals surface area contributed by atoms with Crippen molar-refractivity contribution in [1.29, 1.82) is 0 Å². The second kappa shape index (κ2) is 6.64. The zero-order chi connectivity index (χ0) is 13.1. The SMILES string of the molecule is CC(CC1CCC2CCCCC2C1)C1CCCCC1. The Labute approximate surface area is 120 Å². The molecule has 0 heterocycles. The maximum absolute atomic E-state index is 2.57. The lowest BCUT2D eigenvalue weighted by Gasteiger charge is -2.41. The first-order chi connectivity index (χ1) is 9.33. The van der Waals surface area contributed by atoms with Crippen LogP contribution in [0, 0.1) is 29.6 Å². The third kappa shape index (κ3) is 3.56. The number of hydrogen-bond donors (Lipinski definition) is 0. The van der Waals surface area contributed by atoms with Crippen LogP contribution in [0.15, 0.2) is 0 Å². The molecule has 0 aromatic carbocycles. The van der Waals surface area contributed by atoms with E-state index in [1.807, 2.05) is 0 Å². The molecule has 0 nitrogen and oxygen atoms in total. The van der Waals surface area contributed by atoms with Crippen molar-refractivity contribution in [3.05, 3.63) is 0 Å². The topological polar surface area (TPSA) is 0 Å². The predicted molar refractivity (Wildman–Crippen MR) is 83.1 cm³/mol. The summed E-state index contributed by atoms with van der Waals surface area (Å²) in [7, 11) is 0. The highest BCUT2D eigenvalue weighted by molar-refractivity contribution is 4.84. The van der Waals surface area contributed by atoms with Crippen molar-refractivity contribution < 1.29 is 0 Å². The molecule has 0 heteroatoms. The fraction of sp³-hybridized carbons (Fsp3) is 1.00. The third-order valence-electron chi connectivity index (χ3n) is 6.81. The second-order valence-corrected chi connectivity index (χ2v) is 8.09. The second-order valence-electron chi connectivity index (χ2n) is 8.09. The van der Waals surface area contributed by atoms with Gasteiger partial charge in [-0.05, 0) is 48.9 Å². The van der Waals surface area contributed by atoms with E-state index in [0.29, 0.717) is 0 Å². The van der Waals surface area contributed by atoms with Gasteiger partial charge in [-0.25, -0.2) is 0 Å². The summed E-state index contributed by atoms with van der Waals surface area (Å²) in [5, 5.41) is 0. The van der Waals surface area contributed by atoms with E-state index in [1.54, 1.807) is 51.4 Å². The largest absolute Gasteiger partial charge is 0.0622 e. The minimum Gasteiger partial charge on any atom is -0.0622 e. The quantitative estimate of drug-likeness (QED) is 0.568. The Bertz CT molecular complexity index is 263.